The number of nitrogens with one attached hydrogen (secondary N) is 1. The van der Waals surface area contributed by atoms with E-state index in [0.29, 0.717) is 23.7 Å². The third-order valence-corrected chi connectivity index (χ3v) is 5.54. The van der Waals surface area contributed by atoms with Crippen LogP contribution in [0.4, 0.5) is 10.1 Å². The topological polar surface area (TPSA) is 52.7 Å². The van der Waals surface area contributed by atoms with E-state index in [4.69, 9.17) is 0 Å². The minimum Gasteiger partial charge on any atom is -0.341 e. The Kier molecular flexibility index (Phi) is 7.57. The molecular formula is C24H30FN3O2. The molecule has 1 aliphatic heterocycles. The van der Waals surface area contributed by atoms with Crippen molar-refractivity contribution < 1.29 is 14.0 Å². The minimum atomic E-state index is -0.202. The van der Waals surface area contributed by atoms with Crippen LogP contribution >= 0.6 is 0 Å². The second kappa shape index (κ2) is 10.3. The molecule has 30 heavy (non-hydrogen) atoms. The van der Waals surface area contributed by atoms with E-state index in [1.54, 1.807) is 29.2 Å². The summed E-state index contributed by atoms with van der Waals surface area (Å²) in [5, 5.41) is 2.72. The predicted octanol–water partition coefficient (Wildman–Crippen LogP) is 3.81. The molecule has 1 saturated heterocycles. The lowest BCUT2D eigenvalue weighted by molar-refractivity contribution is -0.114. The number of benzene rings is 2. The first-order chi connectivity index (χ1) is 14.4. The van der Waals surface area contributed by atoms with Gasteiger partial charge in [-0.25, -0.2) is 4.39 Å². The predicted molar refractivity (Wildman–Crippen MR) is 117 cm³/mol. The second-order valence-corrected chi connectivity index (χ2v) is 8.13. The average Bonchev–Trinajstić information content (AvgIpc) is 2.73. The van der Waals surface area contributed by atoms with Crippen molar-refractivity contribution in [3.63, 3.8) is 0 Å². The zero-order valence-electron chi connectivity index (χ0n) is 17.7. The molecule has 2 aromatic rings. The molecule has 1 aliphatic rings. The standard InChI is InChI=1S/C24H30FN3O2/c1-18(29)26-23-7-3-6-21(15-23)24(30)27(2)16-20-5-4-13-28(17-20)14-12-19-8-10-22(25)11-9-19/h3,6-11,15,20H,4-5,12-14,16-17H2,1-2H3,(H,26,29)/t20-/m1/s1. The lowest BCUT2D eigenvalue weighted by atomic mass is 9.96. The number of halogens is 1. The number of carbonyl (C=O) groups excluding carboxylic acids is 2. The van der Waals surface area contributed by atoms with Gasteiger partial charge in [0.05, 0.1) is 0 Å². The van der Waals surface area contributed by atoms with E-state index in [9.17, 15) is 14.0 Å². The fourth-order valence-electron chi connectivity index (χ4n) is 4.07. The van der Waals surface area contributed by atoms with Crippen molar-refractivity contribution in [2.75, 3.05) is 38.5 Å². The third-order valence-electron chi connectivity index (χ3n) is 5.54. The lowest BCUT2D eigenvalue weighted by Crippen LogP contribution is -2.42. The number of anilines is 1. The quantitative estimate of drug-likeness (QED) is 0.754. The fourth-order valence-corrected chi connectivity index (χ4v) is 4.07. The van der Waals surface area contributed by atoms with Gasteiger partial charge in [0.25, 0.3) is 5.91 Å². The molecule has 0 bridgehead atoms. The molecule has 2 aromatic carbocycles. The van der Waals surface area contributed by atoms with Gasteiger partial charge in [-0.15, -0.1) is 0 Å². The lowest BCUT2D eigenvalue weighted by Gasteiger charge is -2.34. The van der Waals surface area contributed by atoms with Gasteiger partial charge >= 0.3 is 0 Å². The van der Waals surface area contributed by atoms with Crippen molar-refractivity contribution in [3.8, 4) is 0 Å². The van der Waals surface area contributed by atoms with E-state index in [0.717, 1.165) is 44.5 Å². The summed E-state index contributed by atoms with van der Waals surface area (Å²) < 4.78 is 13.1. The van der Waals surface area contributed by atoms with Crippen molar-refractivity contribution in [2.45, 2.75) is 26.2 Å². The summed E-state index contributed by atoms with van der Waals surface area (Å²) in [6.45, 7) is 5.12. The highest BCUT2D eigenvalue weighted by Gasteiger charge is 2.23. The van der Waals surface area contributed by atoms with E-state index in [1.165, 1.54) is 19.1 Å². The van der Waals surface area contributed by atoms with Crippen molar-refractivity contribution in [1.82, 2.24) is 9.80 Å². The Labute approximate surface area is 177 Å². The summed E-state index contributed by atoms with van der Waals surface area (Å²) in [4.78, 5) is 28.3. The Bertz CT molecular complexity index is 869. The molecule has 0 unspecified atom stereocenters. The highest BCUT2D eigenvalue weighted by atomic mass is 19.1. The van der Waals surface area contributed by atoms with Gasteiger partial charge in [0.2, 0.25) is 5.91 Å². The second-order valence-electron chi connectivity index (χ2n) is 8.13. The van der Waals surface area contributed by atoms with Gasteiger partial charge in [0.15, 0.2) is 0 Å². The van der Waals surface area contributed by atoms with Crippen molar-refractivity contribution in [3.05, 3.63) is 65.5 Å². The maximum Gasteiger partial charge on any atom is 0.253 e. The van der Waals surface area contributed by atoms with Crippen LogP contribution < -0.4 is 5.32 Å². The third kappa shape index (κ3) is 6.39. The first-order valence-electron chi connectivity index (χ1n) is 10.5. The number of nitrogens with zero attached hydrogens (tertiary/aromatic N) is 2. The van der Waals surface area contributed by atoms with E-state index < -0.39 is 0 Å². The highest BCUT2D eigenvalue weighted by molar-refractivity contribution is 5.96. The van der Waals surface area contributed by atoms with E-state index in [-0.39, 0.29) is 17.6 Å². The first-order valence-corrected chi connectivity index (χ1v) is 10.5. The van der Waals surface area contributed by atoms with Gasteiger partial charge in [-0.3, -0.25) is 9.59 Å². The van der Waals surface area contributed by atoms with Crippen LogP contribution in [0.1, 0.15) is 35.7 Å². The summed E-state index contributed by atoms with van der Waals surface area (Å²) in [5.74, 6) is 0.0353. The maximum atomic E-state index is 13.1. The summed E-state index contributed by atoms with van der Waals surface area (Å²) in [5.41, 5.74) is 2.35. The molecule has 1 atom stereocenters. The Morgan fingerprint density at radius 3 is 2.70 bits per heavy atom. The summed E-state index contributed by atoms with van der Waals surface area (Å²) in [6, 6.07) is 13.8. The van der Waals surface area contributed by atoms with Gasteiger partial charge in [-0.05, 0) is 67.6 Å². The number of piperidine rings is 1. The SMILES string of the molecule is CC(=O)Nc1cccc(C(=O)N(C)C[C@H]2CCCN(CCc3ccc(F)cc3)C2)c1. The van der Waals surface area contributed by atoms with Crippen LogP contribution in [-0.4, -0.2) is 54.8 Å². The molecule has 0 spiro atoms. The Hall–Kier alpha value is -2.73. The van der Waals surface area contributed by atoms with Gasteiger partial charge in [-0.2, -0.15) is 0 Å². The molecule has 0 radical (unpaired) electrons. The molecule has 3 rings (SSSR count). The Balaban J connectivity index is 1.51. The van der Waals surface area contributed by atoms with Crippen LogP contribution in [0.3, 0.4) is 0 Å². The Morgan fingerprint density at radius 2 is 1.97 bits per heavy atom. The molecule has 2 amide bonds. The summed E-state index contributed by atoms with van der Waals surface area (Å²) in [6.07, 6.45) is 3.13. The van der Waals surface area contributed by atoms with Crippen LogP contribution in [-0.2, 0) is 11.2 Å². The van der Waals surface area contributed by atoms with Crippen LogP contribution in [0.5, 0.6) is 0 Å². The molecule has 1 fully saturated rings. The fraction of sp³-hybridized carbons (Fsp3) is 0.417. The van der Waals surface area contributed by atoms with Crippen molar-refractivity contribution >= 4 is 17.5 Å². The molecule has 0 saturated carbocycles. The summed E-state index contributed by atoms with van der Waals surface area (Å²) in [7, 11) is 1.84. The van der Waals surface area contributed by atoms with E-state index in [2.05, 4.69) is 10.2 Å². The zero-order chi connectivity index (χ0) is 21.5. The normalized spacial score (nSPS) is 16.8. The van der Waals surface area contributed by atoms with Crippen LogP contribution in [0.25, 0.3) is 0 Å². The smallest absolute Gasteiger partial charge is 0.253 e. The number of likely N-dealkylation sites (tertiary alicyclic amines) is 1. The number of amides is 2. The van der Waals surface area contributed by atoms with E-state index >= 15 is 0 Å². The zero-order valence-corrected chi connectivity index (χ0v) is 17.7. The molecule has 0 aromatic heterocycles. The van der Waals surface area contributed by atoms with Gasteiger partial charge < -0.3 is 15.1 Å². The molecular weight excluding hydrogens is 381 g/mol. The molecule has 0 aliphatic carbocycles. The molecule has 1 N–H and O–H groups in total. The number of hydrogen-bond acceptors (Lipinski definition) is 3. The number of carbonyl (C=O) groups is 2. The Morgan fingerprint density at radius 1 is 1.20 bits per heavy atom. The maximum absolute atomic E-state index is 13.1. The molecule has 1 heterocycles. The summed E-state index contributed by atoms with van der Waals surface area (Å²) >= 11 is 0. The van der Waals surface area contributed by atoms with E-state index in [1.807, 2.05) is 19.2 Å². The monoisotopic (exact) mass is 411 g/mol. The average molecular weight is 412 g/mol. The van der Waals surface area contributed by atoms with Gasteiger partial charge in [0, 0.05) is 44.9 Å². The van der Waals surface area contributed by atoms with Crippen molar-refractivity contribution in [2.24, 2.45) is 5.92 Å². The molecule has 160 valence electrons. The number of rotatable bonds is 7. The number of hydrogen-bond donors (Lipinski definition) is 1. The van der Waals surface area contributed by atoms with Crippen LogP contribution in [0.15, 0.2) is 48.5 Å². The first kappa shape index (κ1) is 22.0. The van der Waals surface area contributed by atoms with Crippen LogP contribution in [0, 0.1) is 11.7 Å². The van der Waals surface area contributed by atoms with Crippen molar-refractivity contribution in [1.29, 1.82) is 0 Å². The van der Waals surface area contributed by atoms with Gasteiger partial charge in [0.1, 0.15) is 5.82 Å². The van der Waals surface area contributed by atoms with Gasteiger partial charge in [-0.1, -0.05) is 18.2 Å². The van der Waals surface area contributed by atoms with Crippen LogP contribution in [0.2, 0.25) is 0 Å². The molecule has 5 nitrogen and oxygen atoms in total. The largest absolute Gasteiger partial charge is 0.341 e. The highest BCUT2D eigenvalue weighted by Crippen LogP contribution is 2.19. The minimum absolute atomic E-state index is 0.0364. The molecule has 6 heteroatoms.